The molecule has 0 radical (unpaired) electrons. The van der Waals surface area contributed by atoms with Crippen LogP contribution in [0, 0.1) is 5.92 Å². The first-order chi connectivity index (χ1) is 8.13. The molecule has 1 aromatic carbocycles. The quantitative estimate of drug-likeness (QED) is 0.760. The van der Waals surface area contributed by atoms with Crippen molar-refractivity contribution >= 4 is 28.1 Å². The molecule has 1 heterocycles. The second-order valence-corrected chi connectivity index (χ2v) is 5.05. The molecule has 0 bridgehead atoms. The van der Waals surface area contributed by atoms with Crippen LogP contribution < -0.4 is 0 Å². The molecule has 0 atom stereocenters. The predicted octanol–water partition coefficient (Wildman–Crippen LogP) is 5.27. The van der Waals surface area contributed by atoms with Gasteiger partial charge in [0.2, 0.25) is 0 Å². The van der Waals surface area contributed by atoms with Crippen molar-refractivity contribution in [3.63, 3.8) is 0 Å². The average molecular weight is 248 g/mol. The maximum Gasteiger partial charge on any atom is 0.0461 e. The van der Waals surface area contributed by atoms with E-state index in [1.165, 1.54) is 16.5 Å². The van der Waals surface area contributed by atoms with Crippen LogP contribution >= 0.6 is 11.6 Å². The van der Waals surface area contributed by atoms with E-state index < -0.39 is 0 Å². The van der Waals surface area contributed by atoms with Crippen molar-refractivity contribution in [2.75, 3.05) is 0 Å². The topological polar surface area (TPSA) is 15.8 Å². The number of aromatic amines is 1. The van der Waals surface area contributed by atoms with Crippen molar-refractivity contribution in [1.82, 2.24) is 4.98 Å². The second-order valence-electron chi connectivity index (χ2n) is 4.61. The normalized spacial score (nSPS) is 12.6. The summed E-state index contributed by atoms with van der Waals surface area (Å²) in [6, 6.07) is 5.99. The van der Waals surface area contributed by atoms with E-state index in [0.29, 0.717) is 5.92 Å². The van der Waals surface area contributed by atoms with Crippen LogP contribution in [0.3, 0.4) is 0 Å². The number of fused-ring (bicyclic) bond motifs is 1. The third-order valence-corrected chi connectivity index (χ3v) is 3.24. The Labute approximate surface area is 107 Å². The molecule has 2 aromatic rings. The van der Waals surface area contributed by atoms with E-state index in [-0.39, 0.29) is 0 Å². The molecule has 0 aliphatic carbocycles. The number of halogens is 1. The lowest BCUT2D eigenvalue weighted by Crippen LogP contribution is -1.92. The van der Waals surface area contributed by atoms with Gasteiger partial charge >= 0.3 is 0 Å². The van der Waals surface area contributed by atoms with Gasteiger partial charge in [0.05, 0.1) is 0 Å². The largest absolute Gasteiger partial charge is 0.361 e. The fourth-order valence-electron chi connectivity index (χ4n) is 2.21. The van der Waals surface area contributed by atoms with Crippen LogP contribution in [-0.4, -0.2) is 4.98 Å². The van der Waals surface area contributed by atoms with Gasteiger partial charge in [-0.2, -0.15) is 0 Å². The average Bonchev–Trinajstić information content (AvgIpc) is 2.68. The zero-order valence-corrected chi connectivity index (χ0v) is 11.3. The SMILES string of the molecule is CCC=C(c1c[nH]c2ccc(Cl)cc12)C(C)C. The van der Waals surface area contributed by atoms with E-state index >= 15 is 0 Å². The van der Waals surface area contributed by atoms with Gasteiger partial charge in [-0.3, -0.25) is 0 Å². The number of benzene rings is 1. The molecule has 1 aromatic heterocycles. The molecular formula is C15H18ClN. The zero-order valence-electron chi connectivity index (χ0n) is 10.5. The van der Waals surface area contributed by atoms with Crippen LogP contribution in [0.2, 0.25) is 5.02 Å². The summed E-state index contributed by atoms with van der Waals surface area (Å²) in [5, 5.41) is 2.00. The highest BCUT2D eigenvalue weighted by Crippen LogP contribution is 2.31. The Morgan fingerprint density at radius 1 is 1.41 bits per heavy atom. The first-order valence-electron chi connectivity index (χ1n) is 6.10. The highest BCUT2D eigenvalue weighted by molar-refractivity contribution is 6.31. The number of nitrogens with one attached hydrogen (secondary N) is 1. The minimum Gasteiger partial charge on any atom is -0.361 e. The molecule has 1 N–H and O–H groups in total. The second kappa shape index (κ2) is 4.97. The summed E-state index contributed by atoms with van der Waals surface area (Å²) in [7, 11) is 0. The minimum atomic E-state index is 0.521. The van der Waals surface area contributed by atoms with E-state index in [1.807, 2.05) is 18.2 Å². The molecule has 2 heteroatoms. The number of hydrogen-bond acceptors (Lipinski definition) is 0. The monoisotopic (exact) mass is 247 g/mol. The van der Waals surface area contributed by atoms with E-state index in [1.54, 1.807) is 0 Å². The van der Waals surface area contributed by atoms with E-state index in [0.717, 1.165) is 17.0 Å². The van der Waals surface area contributed by atoms with Gasteiger partial charge in [-0.1, -0.05) is 38.4 Å². The Kier molecular flexibility index (Phi) is 3.58. The van der Waals surface area contributed by atoms with E-state index in [2.05, 4.69) is 38.0 Å². The molecule has 17 heavy (non-hydrogen) atoms. The Balaban J connectivity index is 2.61. The van der Waals surface area contributed by atoms with E-state index in [4.69, 9.17) is 11.6 Å². The third kappa shape index (κ3) is 2.39. The predicted molar refractivity (Wildman–Crippen MR) is 76.4 cm³/mol. The first-order valence-corrected chi connectivity index (χ1v) is 6.48. The van der Waals surface area contributed by atoms with Gasteiger partial charge in [-0.25, -0.2) is 0 Å². The number of hydrogen-bond donors (Lipinski definition) is 1. The Morgan fingerprint density at radius 3 is 2.82 bits per heavy atom. The summed E-state index contributed by atoms with van der Waals surface area (Å²) < 4.78 is 0. The number of rotatable bonds is 3. The van der Waals surface area contributed by atoms with Crippen molar-refractivity contribution in [3.05, 3.63) is 41.1 Å². The highest BCUT2D eigenvalue weighted by Gasteiger charge is 2.11. The third-order valence-electron chi connectivity index (χ3n) is 3.00. The van der Waals surface area contributed by atoms with Crippen molar-refractivity contribution in [3.8, 4) is 0 Å². The van der Waals surface area contributed by atoms with Crippen LogP contribution in [0.25, 0.3) is 16.5 Å². The summed E-state index contributed by atoms with van der Waals surface area (Å²) in [6.07, 6.45) is 5.44. The van der Waals surface area contributed by atoms with Crippen molar-refractivity contribution in [2.45, 2.75) is 27.2 Å². The molecule has 90 valence electrons. The van der Waals surface area contributed by atoms with Gasteiger partial charge < -0.3 is 4.98 Å². The Bertz CT molecular complexity index is 549. The van der Waals surface area contributed by atoms with Crippen LogP contribution in [0.1, 0.15) is 32.8 Å². The fraction of sp³-hybridized carbons (Fsp3) is 0.333. The maximum atomic E-state index is 6.08. The number of aromatic nitrogens is 1. The molecule has 0 saturated heterocycles. The molecule has 0 amide bonds. The molecule has 0 aliphatic rings. The summed E-state index contributed by atoms with van der Waals surface area (Å²) in [5.41, 5.74) is 3.81. The highest BCUT2D eigenvalue weighted by atomic mass is 35.5. The fourth-order valence-corrected chi connectivity index (χ4v) is 2.38. The van der Waals surface area contributed by atoms with Gasteiger partial charge in [0.25, 0.3) is 0 Å². The summed E-state index contributed by atoms with van der Waals surface area (Å²) in [6.45, 7) is 6.62. The van der Waals surface area contributed by atoms with Gasteiger partial charge in [-0.15, -0.1) is 0 Å². The van der Waals surface area contributed by atoms with Gasteiger partial charge in [-0.05, 0) is 36.1 Å². The Hall–Kier alpha value is -1.21. The Morgan fingerprint density at radius 2 is 2.18 bits per heavy atom. The number of allylic oxidation sites excluding steroid dienone is 2. The van der Waals surface area contributed by atoms with Gasteiger partial charge in [0.1, 0.15) is 0 Å². The van der Waals surface area contributed by atoms with Crippen LogP contribution in [0.4, 0.5) is 0 Å². The zero-order chi connectivity index (χ0) is 12.4. The standard InChI is InChI=1S/C15H18ClN/c1-4-5-12(10(2)3)14-9-17-15-7-6-11(16)8-13(14)15/h5-10,17H,4H2,1-3H3. The molecule has 2 rings (SSSR count). The summed E-state index contributed by atoms with van der Waals surface area (Å²) >= 11 is 6.08. The van der Waals surface area contributed by atoms with Gasteiger partial charge in [0, 0.05) is 27.7 Å². The number of H-pyrrole nitrogens is 1. The lowest BCUT2D eigenvalue weighted by atomic mass is 9.94. The maximum absolute atomic E-state index is 6.08. The molecule has 0 spiro atoms. The van der Waals surface area contributed by atoms with Crippen LogP contribution in [-0.2, 0) is 0 Å². The smallest absolute Gasteiger partial charge is 0.0461 e. The molecule has 0 fully saturated rings. The lowest BCUT2D eigenvalue weighted by Gasteiger charge is -2.10. The van der Waals surface area contributed by atoms with Crippen molar-refractivity contribution in [2.24, 2.45) is 5.92 Å². The lowest BCUT2D eigenvalue weighted by molar-refractivity contribution is 0.852. The van der Waals surface area contributed by atoms with Crippen molar-refractivity contribution in [1.29, 1.82) is 0 Å². The molecule has 1 nitrogen and oxygen atoms in total. The molecule has 0 saturated carbocycles. The van der Waals surface area contributed by atoms with Crippen LogP contribution in [0.5, 0.6) is 0 Å². The molecular weight excluding hydrogens is 230 g/mol. The summed E-state index contributed by atoms with van der Waals surface area (Å²) in [4.78, 5) is 3.31. The van der Waals surface area contributed by atoms with Crippen molar-refractivity contribution < 1.29 is 0 Å². The first kappa shape index (κ1) is 12.3. The van der Waals surface area contributed by atoms with Crippen LogP contribution in [0.15, 0.2) is 30.5 Å². The molecule has 0 unspecified atom stereocenters. The summed E-state index contributed by atoms with van der Waals surface area (Å²) in [5.74, 6) is 0.521. The molecule has 0 aliphatic heterocycles. The van der Waals surface area contributed by atoms with Gasteiger partial charge in [0.15, 0.2) is 0 Å². The minimum absolute atomic E-state index is 0.521. The van der Waals surface area contributed by atoms with E-state index in [9.17, 15) is 0 Å².